The minimum absolute atomic E-state index is 0.126. The van der Waals surface area contributed by atoms with Gasteiger partial charge < -0.3 is 10.9 Å². The molecule has 2 aliphatic rings. The molecule has 0 aromatic rings. The second kappa shape index (κ2) is 6.73. The van der Waals surface area contributed by atoms with Crippen molar-refractivity contribution in [3.63, 3.8) is 0 Å². The van der Waals surface area contributed by atoms with Crippen LogP contribution in [0.15, 0.2) is 5.16 Å². The fourth-order valence-electron chi connectivity index (χ4n) is 2.91. The highest BCUT2D eigenvalue weighted by Crippen LogP contribution is 2.23. The summed E-state index contributed by atoms with van der Waals surface area (Å²) in [7, 11) is -3.41. The number of piperidine rings is 1. The number of nitrogens with two attached hydrogens (primary N) is 1. The van der Waals surface area contributed by atoms with Gasteiger partial charge in [0.15, 0.2) is 0 Å². The van der Waals surface area contributed by atoms with Crippen LogP contribution in [0.5, 0.6) is 0 Å². The smallest absolute Gasteiger partial charge is 0.281 e. The minimum atomic E-state index is -3.41. The van der Waals surface area contributed by atoms with Crippen molar-refractivity contribution in [3.05, 3.63) is 0 Å². The van der Waals surface area contributed by atoms with E-state index in [9.17, 15) is 8.42 Å². The molecule has 2 saturated heterocycles. The molecule has 0 spiro atoms. The molecule has 0 aliphatic carbocycles. The third kappa shape index (κ3) is 3.42. The van der Waals surface area contributed by atoms with Crippen molar-refractivity contribution in [1.82, 2.24) is 8.61 Å². The molecular weight excluding hydrogens is 280 g/mol. The molecule has 1 unspecified atom stereocenters. The standard InChI is InChI=1S/C12H24N4O3S/c13-12(14-17)11-6-5-9-16(10-11)20(18,19)15-7-3-1-2-4-8-15/h11,17H,1-10H2,(H2,13,14). The molecule has 0 aromatic carbocycles. The zero-order valence-electron chi connectivity index (χ0n) is 11.7. The molecule has 0 radical (unpaired) electrons. The Hall–Kier alpha value is -0.860. The lowest BCUT2D eigenvalue weighted by Crippen LogP contribution is -2.50. The van der Waals surface area contributed by atoms with Gasteiger partial charge in [-0.25, -0.2) is 0 Å². The van der Waals surface area contributed by atoms with Crippen LogP contribution in [-0.4, -0.2) is 54.3 Å². The highest BCUT2D eigenvalue weighted by Gasteiger charge is 2.34. The Balaban J connectivity index is 2.08. The van der Waals surface area contributed by atoms with E-state index in [1.54, 1.807) is 4.31 Å². The van der Waals surface area contributed by atoms with Crippen LogP contribution in [0.4, 0.5) is 0 Å². The van der Waals surface area contributed by atoms with Gasteiger partial charge in [0.1, 0.15) is 5.84 Å². The fraction of sp³-hybridized carbons (Fsp3) is 0.917. The van der Waals surface area contributed by atoms with Crippen LogP contribution in [0.1, 0.15) is 38.5 Å². The van der Waals surface area contributed by atoms with E-state index in [1.165, 1.54) is 4.31 Å². The fourth-order valence-corrected chi connectivity index (χ4v) is 4.69. The maximum atomic E-state index is 12.7. The van der Waals surface area contributed by atoms with Crippen molar-refractivity contribution in [3.8, 4) is 0 Å². The second-order valence-electron chi connectivity index (χ2n) is 5.54. The third-order valence-electron chi connectivity index (χ3n) is 4.14. The lowest BCUT2D eigenvalue weighted by atomic mass is 9.99. The quantitative estimate of drug-likeness (QED) is 0.344. The summed E-state index contributed by atoms with van der Waals surface area (Å²) in [5.74, 6) is -0.0590. The zero-order valence-corrected chi connectivity index (χ0v) is 12.6. The highest BCUT2D eigenvalue weighted by atomic mass is 32.2. The van der Waals surface area contributed by atoms with Crippen LogP contribution in [0, 0.1) is 5.92 Å². The van der Waals surface area contributed by atoms with Gasteiger partial charge in [-0.1, -0.05) is 18.0 Å². The van der Waals surface area contributed by atoms with Crippen LogP contribution in [0.2, 0.25) is 0 Å². The molecule has 116 valence electrons. The summed E-state index contributed by atoms with van der Waals surface area (Å²) in [4.78, 5) is 0. The third-order valence-corrected chi connectivity index (χ3v) is 6.14. The first-order chi connectivity index (χ1) is 9.55. The summed E-state index contributed by atoms with van der Waals surface area (Å²) < 4.78 is 28.4. The average molecular weight is 304 g/mol. The number of rotatable bonds is 3. The maximum Gasteiger partial charge on any atom is 0.281 e. The molecule has 20 heavy (non-hydrogen) atoms. The Morgan fingerprint density at radius 1 is 1.05 bits per heavy atom. The molecule has 8 heteroatoms. The van der Waals surface area contributed by atoms with E-state index in [2.05, 4.69) is 5.16 Å². The number of nitrogens with zero attached hydrogens (tertiary/aromatic N) is 3. The van der Waals surface area contributed by atoms with Gasteiger partial charge in [0.05, 0.1) is 0 Å². The molecule has 0 aromatic heterocycles. The summed E-state index contributed by atoms with van der Waals surface area (Å²) in [5.41, 5.74) is 5.62. The Labute approximate surface area is 120 Å². The molecular formula is C12H24N4O3S. The Kier molecular flexibility index (Phi) is 5.22. The second-order valence-corrected chi connectivity index (χ2v) is 7.47. The predicted octanol–water partition coefficient (Wildman–Crippen LogP) is 0.566. The van der Waals surface area contributed by atoms with Gasteiger partial charge in [-0.2, -0.15) is 17.0 Å². The Bertz CT molecular complexity index is 444. The Morgan fingerprint density at radius 2 is 1.65 bits per heavy atom. The summed E-state index contributed by atoms with van der Waals surface area (Å²) >= 11 is 0. The molecule has 1 atom stereocenters. The van der Waals surface area contributed by atoms with Crippen LogP contribution in [-0.2, 0) is 10.2 Å². The maximum absolute atomic E-state index is 12.7. The van der Waals surface area contributed by atoms with E-state index >= 15 is 0 Å². The van der Waals surface area contributed by atoms with Gasteiger partial charge in [-0.05, 0) is 25.7 Å². The molecule has 3 N–H and O–H groups in total. The predicted molar refractivity (Wildman–Crippen MR) is 76.7 cm³/mol. The van der Waals surface area contributed by atoms with E-state index in [0.29, 0.717) is 26.2 Å². The van der Waals surface area contributed by atoms with Gasteiger partial charge in [0, 0.05) is 32.1 Å². The summed E-state index contributed by atoms with van der Waals surface area (Å²) in [6, 6.07) is 0. The molecule has 2 rings (SSSR count). The lowest BCUT2D eigenvalue weighted by molar-refractivity contribution is 0.270. The zero-order chi connectivity index (χ0) is 14.6. The lowest BCUT2D eigenvalue weighted by Gasteiger charge is -2.34. The van der Waals surface area contributed by atoms with Crippen molar-refractivity contribution < 1.29 is 13.6 Å². The monoisotopic (exact) mass is 304 g/mol. The molecule has 0 saturated carbocycles. The SMILES string of the molecule is NC(=NO)C1CCCN(S(=O)(=O)N2CCCCCC2)C1. The first-order valence-electron chi connectivity index (χ1n) is 7.28. The molecule has 0 amide bonds. The van der Waals surface area contributed by atoms with Gasteiger partial charge in [0.2, 0.25) is 0 Å². The molecule has 2 fully saturated rings. The van der Waals surface area contributed by atoms with E-state index < -0.39 is 10.2 Å². The molecule has 7 nitrogen and oxygen atoms in total. The van der Waals surface area contributed by atoms with Gasteiger partial charge in [-0.3, -0.25) is 0 Å². The average Bonchev–Trinajstić information content (AvgIpc) is 2.76. The molecule has 2 aliphatic heterocycles. The minimum Gasteiger partial charge on any atom is -0.409 e. The highest BCUT2D eigenvalue weighted by molar-refractivity contribution is 7.86. The normalized spacial score (nSPS) is 28.2. The number of oxime groups is 1. The number of hydrogen-bond acceptors (Lipinski definition) is 4. The van der Waals surface area contributed by atoms with Crippen LogP contribution < -0.4 is 5.73 Å². The van der Waals surface area contributed by atoms with Crippen LogP contribution in [0.25, 0.3) is 0 Å². The largest absolute Gasteiger partial charge is 0.409 e. The molecule has 0 bridgehead atoms. The van der Waals surface area contributed by atoms with Crippen molar-refractivity contribution in [2.45, 2.75) is 38.5 Å². The summed E-state index contributed by atoms with van der Waals surface area (Å²) in [6.07, 6.45) is 5.56. The van der Waals surface area contributed by atoms with E-state index in [1.807, 2.05) is 0 Å². The first kappa shape index (κ1) is 15.5. The van der Waals surface area contributed by atoms with Gasteiger partial charge in [-0.15, -0.1) is 0 Å². The van der Waals surface area contributed by atoms with Gasteiger partial charge >= 0.3 is 0 Å². The summed E-state index contributed by atoms with van der Waals surface area (Å²) in [6.45, 7) is 2.04. The van der Waals surface area contributed by atoms with Crippen LogP contribution >= 0.6 is 0 Å². The summed E-state index contributed by atoms with van der Waals surface area (Å²) in [5, 5.41) is 11.8. The first-order valence-corrected chi connectivity index (χ1v) is 8.68. The van der Waals surface area contributed by atoms with E-state index in [0.717, 1.165) is 38.5 Å². The van der Waals surface area contributed by atoms with E-state index in [-0.39, 0.29) is 11.8 Å². The topological polar surface area (TPSA) is 99.2 Å². The van der Waals surface area contributed by atoms with Crippen molar-refractivity contribution >= 4 is 16.0 Å². The van der Waals surface area contributed by atoms with Crippen molar-refractivity contribution in [2.75, 3.05) is 26.2 Å². The van der Waals surface area contributed by atoms with E-state index in [4.69, 9.17) is 10.9 Å². The Morgan fingerprint density at radius 3 is 2.25 bits per heavy atom. The number of hydrogen-bond donors (Lipinski definition) is 2. The van der Waals surface area contributed by atoms with Gasteiger partial charge in [0.25, 0.3) is 10.2 Å². The number of amidine groups is 1. The van der Waals surface area contributed by atoms with Crippen LogP contribution in [0.3, 0.4) is 0 Å². The van der Waals surface area contributed by atoms with Crippen molar-refractivity contribution in [1.29, 1.82) is 0 Å². The molecule has 2 heterocycles. The van der Waals surface area contributed by atoms with Crippen molar-refractivity contribution in [2.24, 2.45) is 16.8 Å².